The van der Waals surface area contributed by atoms with E-state index in [1.54, 1.807) is 0 Å². The third kappa shape index (κ3) is 2.03. The number of nitrogens with one attached hydrogen (secondary N) is 1. The zero-order valence-corrected chi connectivity index (χ0v) is 11.7. The number of aryl methyl sites for hydroxylation is 2. The first-order valence-corrected chi connectivity index (χ1v) is 6.91. The van der Waals surface area contributed by atoms with Crippen LogP contribution in [0.25, 0.3) is 10.9 Å². The number of hydrogen-bond donors (Lipinski definition) is 1. The highest BCUT2D eigenvalue weighted by atomic mass is 16.1. The summed E-state index contributed by atoms with van der Waals surface area (Å²) < 4.78 is 0. The maximum atomic E-state index is 12.8. The second kappa shape index (κ2) is 4.97. The number of carbonyl (C=O) groups is 1. The van der Waals surface area contributed by atoms with Crippen LogP contribution in [0.2, 0.25) is 0 Å². The summed E-state index contributed by atoms with van der Waals surface area (Å²) >= 11 is 0. The number of para-hydroxylation sites is 1. The summed E-state index contributed by atoms with van der Waals surface area (Å²) in [4.78, 5) is 16.2. The second-order valence-electron chi connectivity index (χ2n) is 5.08. The Morgan fingerprint density at radius 3 is 2.65 bits per heavy atom. The summed E-state index contributed by atoms with van der Waals surface area (Å²) in [7, 11) is 0. The average Bonchev–Trinajstić information content (AvgIpc) is 2.85. The van der Waals surface area contributed by atoms with Crippen molar-refractivity contribution in [1.82, 2.24) is 4.98 Å². The lowest BCUT2D eigenvalue weighted by Gasteiger charge is -2.04. The van der Waals surface area contributed by atoms with Crippen molar-refractivity contribution in [1.29, 1.82) is 0 Å². The lowest BCUT2D eigenvalue weighted by molar-refractivity contribution is 0.103. The molecule has 0 aliphatic carbocycles. The molecule has 0 unspecified atom stereocenters. The molecule has 0 fully saturated rings. The Hall–Kier alpha value is -2.35. The van der Waals surface area contributed by atoms with Crippen LogP contribution in [0.4, 0.5) is 0 Å². The molecular weight excluding hydrogens is 246 g/mol. The van der Waals surface area contributed by atoms with Gasteiger partial charge in [-0.3, -0.25) is 4.79 Å². The summed E-state index contributed by atoms with van der Waals surface area (Å²) in [6, 6.07) is 15.8. The molecule has 0 radical (unpaired) electrons. The lowest BCUT2D eigenvalue weighted by atomic mass is 9.98. The maximum absolute atomic E-state index is 12.8. The Labute approximate surface area is 118 Å². The summed E-state index contributed by atoms with van der Waals surface area (Å²) in [5.74, 6) is 0.100. The van der Waals surface area contributed by atoms with Crippen LogP contribution >= 0.6 is 0 Å². The van der Waals surface area contributed by atoms with Crippen LogP contribution in [-0.2, 0) is 6.42 Å². The normalized spacial score (nSPS) is 10.9. The standard InChI is InChI=1S/C18H17NO/c1-3-15-17(14-9-4-5-10-16(14)19-15)18(20)13-8-6-7-12(2)11-13/h4-11,19H,3H2,1-2H3. The van der Waals surface area contributed by atoms with Crippen LogP contribution in [-0.4, -0.2) is 10.8 Å². The van der Waals surface area contributed by atoms with Gasteiger partial charge in [-0.2, -0.15) is 0 Å². The van der Waals surface area contributed by atoms with E-state index in [4.69, 9.17) is 0 Å². The first-order chi connectivity index (χ1) is 9.70. The summed E-state index contributed by atoms with van der Waals surface area (Å²) in [5.41, 5.74) is 4.71. The fraction of sp³-hybridized carbons (Fsp3) is 0.167. The number of rotatable bonds is 3. The molecule has 1 heterocycles. The number of hydrogen-bond acceptors (Lipinski definition) is 1. The van der Waals surface area contributed by atoms with Crippen molar-refractivity contribution in [2.24, 2.45) is 0 Å². The number of aromatic nitrogens is 1. The van der Waals surface area contributed by atoms with E-state index >= 15 is 0 Å². The van der Waals surface area contributed by atoms with Crippen molar-refractivity contribution in [2.75, 3.05) is 0 Å². The number of benzene rings is 2. The number of fused-ring (bicyclic) bond motifs is 1. The third-order valence-electron chi connectivity index (χ3n) is 3.64. The number of aromatic amines is 1. The Balaban J connectivity index is 2.20. The Morgan fingerprint density at radius 1 is 1.10 bits per heavy atom. The minimum Gasteiger partial charge on any atom is -0.358 e. The highest BCUT2D eigenvalue weighted by Crippen LogP contribution is 2.25. The van der Waals surface area contributed by atoms with E-state index in [0.29, 0.717) is 0 Å². The largest absolute Gasteiger partial charge is 0.358 e. The molecule has 100 valence electrons. The number of ketones is 1. The van der Waals surface area contributed by atoms with Gasteiger partial charge < -0.3 is 4.98 Å². The monoisotopic (exact) mass is 263 g/mol. The molecule has 0 atom stereocenters. The predicted octanol–water partition coefficient (Wildman–Crippen LogP) is 4.27. The molecule has 1 aromatic heterocycles. The molecule has 2 aromatic carbocycles. The Morgan fingerprint density at radius 2 is 1.90 bits per heavy atom. The van der Waals surface area contributed by atoms with Gasteiger partial charge in [0.15, 0.2) is 5.78 Å². The molecule has 0 spiro atoms. The molecule has 2 heteroatoms. The van der Waals surface area contributed by atoms with Crippen molar-refractivity contribution >= 4 is 16.7 Å². The zero-order valence-electron chi connectivity index (χ0n) is 11.7. The SMILES string of the molecule is CCc1[nH]c2ccccc2c1C(=O)c1cccc(C)c1. The molecule has 0 saturated carbocycles. The topological polar surface area (TPSA) is 32.9 Å². The summed E-state index contributed by atoms with van der Waals surface area (Å²) in [6.07, 6.45) is 0.821. The molecule has 2 nitrogen and oxygen atoms in total. The number of H-pyrrole nitrogens is 1. The zero-order chi connectivity index (χ0) is 14.1. The van der Waals surface area contributed by atoms with Crippen molar-refractivity contribution in [3.8, 4) is 0 Å². The number of carbonyl (C=O) groups excluding carboxylic acids is 1. The van der Waals surface area contributed by atoms with Gasteiger partial charge >= 0.3 is 0 Å². The van der Waals surface area contributed by atoms with Gasteiger partial charge in [-0.15, -0.1) is 0 Å². The molecule has 3 aromatic rings. The van der Waals surface area contributed by atoms with Gasteiger partial charge in [0.05, 0.1) is 5.56 Å². The second-order valence-corrected chi connectivity index (χ2v) is 5.08. The van der Waals surface area contributed by atoms with Gasteiger partial charge in [0.2, 0.25) is 0 Å². The van der Waals surface area contributed by atoms with E-state index in [-0.39, 0.29) is 5.78 Å². The molecule has 0 amide bonds. The van der Waals surface area contributed by atoms with Crippen LogP contribution in [0.5, 0.6) is 0 Å². The van der Waals surface area contributed by atoms with E-state index in [0.717, 1.165) is 39.7 Å². The van der Waals surface area contributed by atoms with Crippen LogP contribution in [0.15, 0.2) is 48.5 Å². The van der Waals surface area contributed by atoms with Crippen LogP contribution < -0.4 is 0 Å². The quantitative estimate of drug-likeness (QED) is 0.703. The molecule has 1 N–H and O–H groups in total. The van der Waals surface area contributed by atoms with Crippen molar-refractivity contribution < 1.29 is 4.79 Å². The Bertz CT molecular complexity index is 783. The van der Waals surface area contributed by atoms with E-state index < -0.39 is 0 Å². The molecule has 0 saturated heterocycles. The highest BCUT2D eigenvalue weighted by Gasteiger charge is 2.18. The van der Waals surface area contributed by atoms with E-state index in [1.165, 1.54) is 0 Å². The maximum Gasteiger partial charge on any atom is 0.195 e. The Kier molecular flexibility index (Phi) is 3.15. The third-order valence-corrected chi connectivity index (χ3v) is 3.64. The highest BCUT2D eigenvalue weighted by molar-refractivity contribution is 6.17. The fourth-order valence-electron chi connectivity index (χ4n) is 2.65. The van der Waals surface area contributed by atoms with Crippen LogP contribution in [0.3, 0.4) is 0 Å². The lowest BCUT2D eigenvalue weighted by Crippen LogP contribution is -2.04. The van der Waals surface area contributed by atoms with Crippen molar-refractivity contribution in [3.05, 3.63) is 70.9 Å². The van der Waals surface area contributed by atoms with Gasteiger partial charge in [0.1, 0.15) is 0 Å². The van der Waals surface area contributed by atoms with Crippen LogP contribution in [0, 0.1) is 6.92 Å². The molecular formula is C18H17NO. The van der Waals surface area contributed by atoms with E-state index in [1.807, 2.05) is 55.5 Å². The minimum atomic E-state index is 0.100. The average molecular weight is 263 g/mol. The van der Waals surface area contributed by atoms with Gasteiger partial charge in [0, 0.05) is 22.2 Å². The van der Waals surface area contributed by atoms with Gasteiger partial charge in [-0.1, -0.05) is 48.9 Å². The molecule has 0 aliphatic heterocycles. The van der Waals surface area contributed by atoms with E-state index in [2.05, 4.69) is 11.9 Å². The molecule has 20 heavy (non-hydrogen) atoms. The van der Waals surface area contributed by atoms with Gasteiger partial charge in [-0.25, -0.2) is 0 Å². The minimum absolute atomic E-state index is 0.100. The smallest absolute Gasteiger partial charge is 0.195 e. The fourth-order valence-corrected chi connectivity index (χ4v) is 2.65. The summed E-state index contributed by atoms with van der Waals surface area (Å²) in [5, 5.41) is 1.01. The first kappa shape index (κ1) is 12.7. The van der Waals surface area contributed by atoms with E-state index in [9.17, 15) is 4.79 Å². The van der Waals surface area contributed by atoms with Crippen molar-refractivity contribution in [2.45, 2.75) is 20.3 Å². The predicted molar refractivity (Wildman–Crippen MR) is 82.3 cm³/mol. The van der Waals surface area contributed by atoms with Crippen molar-refractivity contribution in [3.63, 3.8) is 0 Å². The summed E-state index contributed by atoms with van der Waals surface area (Å²) in [6.45, 7) is 4.07. The van der Waals surface area contributed by atoms with Gasteiger partial charge in [-0.05, 0) is 25.5 Å². The van der Waals surface area contributed by atoms with Gasteiger partial charge in [0.25, 0.3) is 0 Å². The molecule has 0 aliphatic rings. The first-order valence-electron chi connectivity index (χ1n) is 6.91. The molecule has 0 bridgehead atoms. The van der Waals surface area contributed by atoms with Crippen LogP contribution in [0.1, 0.15) is 34.1 Å². The molecule has 3 rings (SSSR count).